The summed E-state index contributed by atoms with van der Waals surface area (Å²) in [5.41, 5.74) is 3.18. The van der Waals surface area contributed by atoms with Crippen molar-refractivity contribution in [3.8, 4) is 5.75 Å². The third kappa shape index (κ3) is 8.04. The zero-order chi connectivity index (χ0) is 24.6. The lowest BCUT2D eigenvalue weighted by molar-refractivity contribution is 0.0523. The number of rotatable bonds is 9. The number of fused-ring (bicyclic) bond motifs is 1. The van der Waals surface area contributed by atoms with Crippen LogP contribution in [0.4, 0.5) is 4.79 Å². The minimum absolute atomic E-state index is 0.149. The molecule has 1 aliphatic heterocycles. The number of carbonyl (C=O) groups is 2. The van der Waals surface area contributed by atoms with Gasteiger partial charge >= 0.3 is 6.09 Å². The first kappa shape index (κ1) is 25.0. The van der Waals surface area contributed by atoms with Gasteiger partial charge in [0.2, 0.25) is 0 Å². The van der Waals surface area contributed by atoms with Crippen LogP contribution < -0.4 is 15.4 Å². The van der Waals surface area contributed by atoms with E-state index in [0.717, 1.165) is 24.0 Å². The molecule has 2 amide bonds. The monoisotopic (exact) mass is 463 g/mol. The molecule has 0 saturated carbocycles. The Hall–Kier alpha value is -3.66. The Bertz CT molecular complexity index is 1010. The van der Waals surface area contributed by atoms with Gasteiger partial charge in [0, 0.05) is 38.7 Å². The molecule has 1 heterocycles. The largest absolute Gasteiger partial charge is 0.485 e. The molecule has 0 fully saturated rings. The fraction of sp³-hybridized carbons (Fsp3) is 0.407. The van der Waals surface area contributed by atoms with Crippen molar-refractivity contribution in [2.75, 3.05) is 26.7 Å². The molecule has 0 aromatic heterocycles. The number of ether oxygens (including phenoxy) is 2. The normalized spacial score (nSPS) is 12.5. The molecule has 0 bridgehead atoms. The number of likely N-dealkylation sites (N-methyl/N-ethyl adjacent to an activating group) is 1. The molecule has 0 spiro atoms. The number of amides is 2. The van der Waals surface area contributed by atoms with Crippen molar-refractivity contribution < 1.29 is 19.1 Å². The van der Waals surface area contributed by atoms with Gasteiger partial charge in [-0.15, -0.1) is 0 Å². The van der Waals surface area contributed by atoms with Crippen LogP contribution in [0.25, 0.3) is 0 Å². The highest BCUT2D eigenvalue weighted by Gasteiger charge is 2.16. The molecule has 2 N–H and O–H groups in total. The average Bonchev–Trinajstić information content (AvgIpc) is 3.25. The minimum atomic E-state index is -0.506. The van der Waals surface area contributed by atoms with Crippen molar-refractivity contribution >= 4 is 12.0 Å². The summed E-state index contributed by atoms with van der Waals surface area (Å²) in [4.78, 5) is 26.1. The summed E-state index contributed by atoms with van der Waals surface area (Å²) in [5.74, 6) is 0.554. The van der Waals surface area contributed by atoms with Gasteiger partial charge in [-0.3, -0.25) is 4.79 Å². The van der Waals surface area contributed by atoms with Gasteiger partial charge in [-0.05, 0) is 56.7 Å². The van der Waals surface area contributed by atoms with Crippen LogP contribution >= 0.6 is 0 Å². The first-order chi connectivity index (χ1) is 16.2. The molecule has 7 heteroatoms. The van der Waals surface area contributed by atoms with Gasteiger partial charge in [0.05, 0.1) is 12.2 Å². The van der Waals surface area contributed by atoms with Crippen LogP contribution in [0.15, 0.2) is 42.6 Å². The van der Waals surface area contributed by atoms with Gasteiger partial charge in [-0.25, -0.2) is 4.79 Å². The molecule has 0 saturated heterocycles. The van der Waals surface area contributed by atoms with E-state index in [1.54, 1.807) is 0 Å². The van der Waals surface area contributed by atoms with Crippen LogP contribution in [0.3, 0.4) is 0 Å². The number of nitrogens with zero attached hydrogens (tertiary/aromatic N) is 1. The molecule has 180 valence electrons. The molecule has 34 heavy (non-hydrogen) atoms. The van der Waals surface area contributed by atoms with Crippen LogP contribution in [0.5, 0.6) is 5.75 Å². The van der Waals surface area contributed by atoms with Crippen molar-refractivity contribution in [1.82, 2.24) is 15.5 Å². The summed E-state index contributed by atoms with van der Waals surface area (Å²) < 4.78 is 10.6. The number of hydrogen-bond donors (Lipinski definition) is 2. The van der Waals surface area contributed by atoms with Crippen molar-refractivity contribution in [1.29, 1.82) is 0 Å². The second kappa shape index (κ2) is 11.5. The summed E-state index contributed by atoms with van der Waals surface area (Å²) in [7, 11) is 1.97. The third-order valence-electron chi connectivity index (χ3n) is 5.11. The Morgan fingerprint density at radius 3 is 2.62 bits per heavy atom. The molecule has 7 nitrogen and oxygen atoms in total. The number of nitrogens with one attached hydrogen (secondary N) is 2. The van der Waals surface area contributed by atoms with Gasteiger partial charge in [0.25, 0.3) is 5.91 Å². The maximum atomic E-state index is 12.3. The van der Waals surface area contributed by atoms with E-state index in [4.69, 9.17) is 9.47 Å². The van der Waals surface area contributed by atoms with E-state index >= 15 is 0 Å². The second-order valence-electron chi connectivity index (χ2n) is 9.26. The minimum Gasteiger partial charge on any atom is -0.485 e. The number of allylic oxidation sites excluding steroid dienone is 1. The third-order valence-corrected chi connectivity index (χ3v) is 5.11. The molecule has 0 atom stereocenters. The highest BCUT2D eigenvalue weighted by molar-refractivity contribution is 5.93. The lowest BCUT2D eigenvalue weighted by Crippen LogP contribution is -2.32. The van der Waals surface area contributed by atoms with Crippen LogP contribution in [0.2, 0.25) is 0 Å². The first-order valence-corrected chi connectivity index (χ1v) is 11.5. The summed E-state index contributed by atoms with van der Waals surface area (Å²) in [6, 6.07) is 15.7. The smallest absolute Gasteiger partial charge is 0.407 e. The SMILES string of the molecule is CN(/C=C/Cc1ccc(CNC(=O)OC(C)(C)C)cc1)CCNC(=O)c1c#cc2c(c1)CCO2. The highest BCUT2D eigenvalue weighted by Crippen LogP contribution is 2.22. The molecule has 2 aromatic carbocycles. The van der Waals surface area contributed by atoms with E-state index in [0.29, 0.717) is 37.6 Å². The van der Waals surface area contributed by atoms with E-state index < -0.39 is 11.7 Å². The molecule has 3 rings (SSSR count). The molecule has 0 unspecified atom stereocenters. The zero-order valence-corrected chi connectivity index (χ0v) is 20.4. The van der Waals surface area contributed by atoms with Crippen LogP contribution in [-0.4, -0.2) is 49.2 Å². The predicted molar refractivity (Wildman–Crippen MR) is 131 cm³/mol. The quantitative estimate of drug-likeness (QED) is 0.593. The van der Waals surface area contributed by atoms with Crippen molar-refractivity contribution in [2.24, 2.45) is 0 Å². The topological polar surface area (TPSA) is 79.9 Å². The zero-order valence-electron chi connectivity index (χ0n) is 20.4. The molecule has 2 aromatic rings. The van der Waals surface area contributed by atoms with E-state index in [2.05, 4.69) is 28.8 Å². The van der Waals surface area contributed by atoms with Crippen LogP contribution in [-0.2, 0) is 24.1 Å². The number of alkyl carbamates (subject to hydrolysis) is 1. The van der Waals surface area contributed by atoms with Gasteiger partial charge < -0.3 is 25.0 Å². The standard InChI is InChI=1S/C27H33N3O4/c1-27(2,3)34-26(32)29-19-21-9-7-20(8-10-21)6-5-15-30(4)16-14-28-25(31)23-11-12-24-22(18-23)13-17-33-24/h5,7-10,15,18H,6,13-14,16-17,19H2,1-4H3,(H,28,31)(H,29,32)/b15-5+. The molecule has 0 aliphatic carbocycles. The van der Waals surface area contributed by atoms with E-state index in [1.165, 1.54) is 5.56 Å². The summed E-state index contributed by atoms with van der Waals surface area (Å²) in [6.45, 7) is 7.80. The van der Waals surface area contributed by atoms with Crippen molar-refractivity contribution in [3.63, 3.8) is 0 Å². The molecule has 0 radical (unpaired) electrons. The van der Waals surface area contributed by atoms with Gasteiger partial charge in [-0.1, -0.05) is 36.4 Å². The Balaban J connectivity index is 1.34. The van der Waals surface area contributed by atoms with Gasteiger partial charge in [0.1, 0.15) is 5.60 Å². The average molecular weight is 464 g/mol. The Labute approximate surface area is 202 Å². The van der Waals surface area contributed by atoms with E-state index in [-0.39, 0.29) is 5.91 Å². The number of hydrogen-bond acceptors (Lipinski definition) is 5. The molecular weight excluding hydrogens is 430 g/mol. The fourth-order valence-electron chi connectivity index (χ4n) is 3.35. The predicted octanol–water partition coefficient (Wildman–Crippen LogP) is 3.66. The summed E-state index contributed by atoms with van der Waals surface area (Å²) in [6.07, 6.45) is 5.27. The lowest BCUT2D eigenvalue weighted by atomic mass is 10.1. The maximum absolute atomic E-state index is 12.3. The Morgan fingerprint density at radius 1 is 1.15 bits per heavy atom. The van der Waals surface area contributed by atoms with Crippen molar-refractivity contribution in [3.05, 3.63) is 77.0 Å². The maximum Gasteiger partial charge on any atom is 0.407 e. The summed E-state index contributed by atoms with van der Waals surface area (Å²) in [5, 5.41) is 5.68. The molecule has 1 aliphatic rings. The van der Waals surface area contributed by atoms with Crippen LogP contribution in [0.1, 0.15) is 47.8 Å². The Kier molecular flexibility index (Phi) is 8.42. The van der Waals surface area contributed by atoms with Crippen LogP contribution in [0, 0.1) is 12.1 Å². The highest BCUT2D eigenvalue weighted by atomic mass is 16.6. The van der Waals surface area contributed by atoms with E-state index in [9.17, 15) is 9.59 Å². The fourth-order valence-corrected chi connectivity index (χ4v) is 3.35. The Morgan fingerprint density at radius 2 is 1.88 bits per heavy atom. The number of carbonyl (C=O) groups excluding carboxylic acids is 2. The number of benzene rings is 1. The van der Waals surface area contributed by atoms with E-state index in [1.807, 2.05) is 69.3 Å². The molecular formula is C27H33N3O4. The van der Waals surface area contributed by atoms with Gasteiger partial charge in [0.15, 0.2) is 5.75 Å². The first-order valence-electron chi connectivity index (χ1n) is 11.5. The second-order valence-corrected chi connectivity index (χ2v) is 9.26. The van der Waals surface area contributed by atoms with Gasteiger partial charge in [-0.2, -0.15) is 0 Å². The lowest BCUT2D eigenvalue weighted by Gasteiger charge is -2.19. The summed E-state index contributed by atoms with van der Waals surface area (Å²) >= 11 is 0. The van der Waals surface area contributed by atoms with Crippen molar-refractivity contribution in [2.45, 2.75) is 45.8 Å².